The normalized spacial score (nSPS) is 14.9. The molecule has 2 aromatic rings. The van der Waals surface area contributed by atoms with Gasteiger partial charge in [-0.05, 0) is 36.6 Å². The van der Waals surface area contributed by atoms with Crippen molar-refractivity contribution in [1.29, 1.82) is 0 Å². The molecule has 3 rings (SSSR count). The predicted molar refractivity (Wildman–Crippen MR) is 101 cm³/mol. The molecular weight excluding hydrogens is 354 g/mol. The summed E-state index contributed by atoms with van der Waals surface area (Å²) in [6.45, 7) is 1.70. The van der Waals surface area contributed by atoms with E-state index >= 15 is 0 Å². The van der Waals surface area contributed by atoms with Crippen molar-refractivity contribution < 1.29 is 9.72 Å². The highest BCUT2D eigenvalue weighted by Crippen LogP contribution is 2.31. The molecule has 1 aliphatic rings. The molecular formula is C19H20ClN3O3. The first kappa shape index (κ1) is 18.2. The van der Waals surface area contributed by atoms with Crippen molar-refractivity contribution in [3.63, 3.8) is 0 Å². The summed E-state index contributed by atoms with van der Waals surface area (Å²) in [6.07, 6.45) is 1.35. The fraction of sp³-hybridized carbons (Fsp3) is 0.316. The van der Waals surface area contributed by atoms with Crippen molar-refractivity contribution >= 4 is 28.9 Å². The number of nitro groups is 1. The average Bonchev–Trinajstić information content (AvgIpc) is 2.66. The molecule has 26 heavy (non-hydrogen) atoms. The molecule has 1 saturated heterocycles. The minimum atomic E-state index is -0.362. The second-order valence-corrected chi connectivity index (χ2v) is 6.79. The van der Waals surface area contributed by atoms with E-state index in [1.807, 2.05) is 23.1 Å². The fourth-order valence-electron chi connectivity index (χ4n) is 3.25. The number of hydrogen-bond acceptors (Lipinski definition) is 4. The third kappa shape index (κ3) is 4.32. The van der Waals surface area contributed by atoms with Gasteiger partial charge in [0.2, 0.25) is 5.91 Å². The van der Waals surface area contributed by atoms with Crippen LogP contribution in [0.4, 0.5) is 11.4 Å². The summed E-state index contributed by atoms with van der Waals surface area (Å²) in [7, 11) is 0. The summed E-state index contributed by atoms with van der Waals surface area (Å²) in [5.74, 6) is -0.0552. The maximum atomic E-state index is 12.4. The van der Waals surface area contributed by atoms with Crippen LogP contribution in [-0.4, -0.2) is 23.9 Å². The zero-order valence-electron chi connectivity index (χ0n) is 14.2. The number of nitrogens with one attached hydrogen (secondary N) is 1. The summed E-state index contributed by atoms with van der Waals surface area (Å²) in [4.78, 5) is 25.2. The standard InChI is InChI=1S/C19H20ClN3O3/c20-16-5-3-4-14(12-16)13-21-19(24)15-8-10-22(11-9-15)17-6-1-2-7-18(17)23(25)26/h1-7,12,15H,8-11,13H2,(H,21,24). The van der Waals surface area contributed by atoms with E-state index in [9.17, 15) is 14.9 Å². The molecule has 1 amide bonds. The Morgan fingerprint density at radius 1 is 1.19 bits per heavy atom. The number of piperidine rings is 1. The van der Waals surface area contributed by atoms with Crippen LogP contribution < -0.4 is 10.2 Å². The molecule has 1 fully saturated rings. The van der Waals surface area contributed by atoms with Crippen LogP contribution in [0.15, 0.2) is 48.5 Å². The van der Waals surface area contributed by atoms with Crippen LogP contribution in [0.25, 0.3) is 0 Å². The van der Waals surface area contributed by atoms with E-state index in [-0.39, 0.29) is 22.4 Å². The van der Waals surface area contributed by atoms with Gasteiger partial charge in [0.15, 0.2) is 0 Å². The third-order valence-electron chi connectivity index (χ3n) is 4.64. The van der Waals surface area contributed by atoms with Gasteiger partial charge < -0.3 is 10.2 Å². The Kier molecular flexibility index (Phi) is 5.73. The first-order chi connectivity index (χ1) is 12.5. The van der Waals surface area contributed by atoms with E-state index in [1.165, 1.54) is 6.07 Å². The Hall–Kier alpha value is -2.60. The zero-order valence-corrected chi connectivity index (χ0v) is 15.0. The molecule has 0 unspecified atom stereocenters. The minimum Gasteiger partial charge on any atom is -0.366 e. The second kappa shape index (κ2) is 8.19. The zero-order chi connectivity index (χ0) is 18.5. The predicted octanol–water partition coefficient (Wildman–Crippen LogP) is 3.78. The van der Waals surface area contributed by atoms with E-state index in [1.54, 1.807) is 24.3 Å². The Labute approximate surface area is 156 Å². The molecule has 1 N–H and O–H groups in total. The summed E-state index contributed by atoms with van der Waals surface area (Å²) < 4.78 is 0. The van der Waals surface area contributed by atoms with Gasteiger partial charge in [0, 0.05) is 36.6 Å². The summed E-state index contributed by atoms with van der Waals surface area (Å²) in [5, 5.41) is 14.8. The number of halogens is 1. The molecule has 7 heteroatoms. The van der Waals surface area contributed by atoms with Gasteiger partial charge in [-0.15, -0.1) is 0 Å². The summed E-state index contributed by atoms with van der Waals surface area (Å²) >= 11 is 5.95. The first-order valence-corrected chi connectivity index (χ1v) is 8.93. The number of hydrogen-bond donors (Lipinski definition) is 1. The molecule has 0 aromatic heterocycles. The molecule has 2 aromatic carbocycles. The summed E-state index contributed by atoms with van der Waals surface area (Å²) in [5.41, 5.74) is 1.69. The van der Waals surface area contributed by atoms with Crippen LogP contribution in [0.1, 0.15) is 18.4 Å². The number of benzene rings is 2. The highest BCUT2D eigenvalue weighted by Gasteiger charge is 2.27. The van der Waals surface area contributed by atoms with Gasteiger partial charge >= 0.3 is 0 Å². The lowest BCUT2D eigenvalue weighted by Crippen LogP contribution is -2.40. The van der Waals surface area contributed by atoms with Gasteiger partial charge in [-0.1, -0.05) is 35.9 Å². The van der Waals surface area contributed by atoms with Gasteiger partial charge in [-0.25, -0.2) is 0 Å². The highest BCUT2D eigenvalue weighted by atomic mass is 35.5. The van der Waals surface area contributed by atoms with E-state index in [0.717, 1.165) is 5.56 Å². The molecule has 0 atom stereocenters. The topological polar surface area (TPSA) is 75.5 Å². The number of carbonyl (C=O) groups is 1. The first-order valence-electron chi connectivity index (χ1n) is 8.55. The molecule has 1 heterocycles. The molecule has 0 aliphatic carbocycles. The number of rotatable bonds is 5. The number of nitro benzene ring substituents is 1. The number of amides is 1. The van der Waals surface area contributed by atoms with Crippen LogP contribution in [0.5, 0.6) is 0 Å². The Balaban J connectivity index is 1.55. The maximum absolute atomic E-state index is 12.4. The van der Waals surface area contributed by atoms with Crippen molar-refractivity contribution in [1.82, 2.24) is 5.32 Å². The van der Waals surface area contributed by atoms with Gasteiger partial charge in [0.25, 0.3) is 5.69 Å². The van der Waals surface area contributed by atoms with Crippen LogP contribution >= 0.6 is 11.6 Å². The SMILES string of the molecule is O=C(NCc1cccc(Cl)c1)C1CCN(c2ccccc2[N+](=O)[O-])CC1. The molecule has 0 bridgehead atoms. The van der Waals surface area contributed by atoms with Gasteiger partial charge in [0.05, 0.1) is 4.92 Å². The van der Waals surface area contributed by atoms with E-state index < -0.39 is 0 Å². The van der Waals surface area contributed by atoms with E-state index in [2.05, 4.69) is 5.32 Å². The lowest BCUT2D eigenvalue weighted by Gasteiger charge is -2.32. The van der Waals surface area contributed by atoms with Gasteiger partial charge in [0.1, 0.15) is 5.69 Å². The second-order valence-electron chi connectivity index (χ2n) is 6.35. The van der Waals surface area contributed by atoms with Crippen molar-refractivity contribution in [2.24, 2.45) is 5.92 Å². The number of anilines is 1. The van der Waals surface area contributed by atoms with Crippen molar-refractivity contribution in [3.05, 3.63) is 69.2 Å². The Morgan fingerprint density at radius 3 is 2.62 bits per heavy atom. The quantitative estimate of drug-likeness (QED) is 0.639. The minimum absolute atomic E-state index is 0.0205. The molecule has 1 aliphatic heterocycles. The van der Waals surface area contributed by atoms with Crippen molar-refractivity contribution in [2.75, 3.05) is 18.0 Å². The molecule has 0 radical (unpaired) electrons. The third-order valence-corrected chi connectivity index (χ3v) is 4.88. The van der Waals surface area contributed by atoms with Gasteiger partial charge in [-0.3, -0.25) is 14.9 Å². The lowest BCUT2D eigenvalue weighted by molar-refractivity contribution is -0.384. The van der Waals surface area contributed by atoms with Crippen molar-refractivity contribution in [3.8, 4) is 0 Å². The van der Waals surface area contributed by atoms with Crippen molar-refractivity contribution in [2.45, 2.75) is 19.4 Å². The fourth-order valence-corrected chi connectivity index (χ4v) is 3.46. The number of para-hydroxylation sites is 2. The molecule has 0 saturated carbocycles. The van der Waals surface area contributed by atoms with Crippen LogP contribution in [0, 0.1) is 16.0 Å². The van der Waals surface area contributed by atoms with Crippen LogP contribution in [0.3, 0.4) is 0 Å². The summed E-state index contributed by atoms with van der Waals surface area (Å²) in [6, 6.07) is 14.1. The number of carbonyl (C=O) groups excluding carboxylic acids is 1. The van der Waals surface area contributed by atoms with Crippen LogP contribution in [-0.2, 0) is 11.3 Å². The number of nitrogens with zero attached hydrogens (tertiary/aromatic N) is 2. The van der Waals surface area contributed by atoms with E-state index in [0.29, 0.717) is 43.2 Å². The maximum Gasteiger partial charge on any atom is 0.292 e. The van der Waals surface area contributed by atoms with E-state index in [4.69, 9.17) is 11.6 Å². The Bertz CT molecular complexity index is 804. The monoisotopic (exact) mass is 373 g/mol. The van der Waals surface area contributed by atoms with Crippen LogP contribution in [0.2, 0.25) is 5.02 Å². The highest BCUT2D eigenvalue weighted by molar-refractivity contribution is 6.30. The molecule has 0 spiro atoms. The smallest absolute Gasteiger partial charge is 0.292 e. The average molecular weight is 374 g/mol. The lowest BCUT2D eigenvalue weighted by atomic mass is 9.95. The Morgan fingerprint density at radius 2 is 1.92 bits per heavy atom. The van der Waals surface area contributed by atoms with Gasteiger partial charge in [-0.2, -0.15) is 0 Å². The molecule has 6 nitrogen and oxygen atoms in total. The largest absolute Gasteiger partial charge is 0.366 e. The molecule has 136 valence electrons.